The summed E-state index contributed by atoms with van der Waals surface area (Å²) < 4.78 is 10.4. The largest absolute Gasteiger partial charge is 0.497 e. The Kier molecular flexibility index (Phi) is 1.96. The number of fused-ring (bicyclic) bond motifs is 1. The van der Waals surface area contributed by atoms with Gasteiger partial charge in [-0.25, -0.2) is 0 Å². The third kappa shape index (κ3) is 1.16. The minimum atomic E-state index is 0.692. The van der Waals surface area contributed by atoms with Crippen molar-refractivity contribution in [1.29, 1.82) is 0 Å². The molecule has 0 unspecified atom stereocenters. The quantitative estimate of drug-likeness (QED) is 0.762. The number of methoxy groups -OCH3 is 2. The van der Waals surface area contributed by atoms with Crippen molar-refractivity contribution in [3.8, 4) is 11.5 Å². The molecule has 0 aliphatic heterocycles. The molecule has 0 amide bonds. The van der Waals surface area contributed by atoms with Crippen molar-refractivity contribution in [1.82, 2.24) is 4.98 Å². The topological polar surface area (TPSA) is 60.3 Å². The van der Waals surface area contributed by atoms with Crippen molar-refractivity contribution in [2.45, 2.75) is 0 Å². The zero-order chi connectivity index (χ0) is 10.1. The number of anilines is 1. The third-order valence-corrected chi connectivity index (χ3v) is 2.21. The average Bonchev–Trinajstić information content (AvgIpc) is 2.59. The number of aromatic amines is 1. The molecule has 0 atom stereocenters. The Bertz CT molecular complexity index is 462. The normalized spacial score (nSPS) is 10.4. The minimum Gasteiger partial charge on any atom is -0.497 e. The van der Waals surface area contributed by atoms with Crippen LogP contribution in [0.3, 0.4) is 0 Å². The van der Waals surface area contributed by atoms with Crippen LogP contribution in [-0.4, -0.2) is 19.2 Å². The van der Waals surface area contributed by atoms with Crippen LogP contribution in [0.1, 0.15) is 0 Å². The lowest BCUT2D eigenvalue weighted by molar-refractivity contribution is 0.397. The molecule has 1 aromatic heterocycles. The molecule has 0 aliphatic carbocycles. The van der Waals surface area contributed by atoms with Crippen molar-refractivity contribution in [2.24, 2.45) is 0 Å². The molecule has 74 valence electrons. The summed E-state index contributed by atoms with van der Waals surface area (Å²) in [7, 11) is 3.23. The lowest BCUT2D eigenvalue weighted by Gasteiger charge is -2.05. The highest BCUT2D eigenvalue weighted by Crippen LogP contribution is 2.33. The first-order valence-corrected chi connectivity index (χ1v) is 4.25. The van der Waals surface area contributed by atoms with Crippen LogP contribution < -0.4 is 15.2 Å². The van der Waals surface area contributed by atoms with Gasteiger partial charge in [-0.3, -0.25) is 0 Å². The summed E-state index contributed by atoms with van der Waals surface area (Å²) in [6.07, 6.45) is 1.74. The van der Waals surface area contributed by atoms with Crippen LogP contribution in [0.15, 0.2) is 18.3 Å². The predicted octanol–water partition coefficient (Wildman–Crippen LogP) is 1.77. The number of hydrogen-bond acceptors (Lipinski definition) is 3. The van der Waals surface area contributed by atoms with E-state index in [2.05, 4.69) is 4.98 Å². The van der Waals surface area contributed by atoms with E-state index in [-0.39, 0.29) is 0 Å². The molecule has 2 rings (SSSR count). The van der Waals surface area contributed by atoms with E-state index < -0.39 is 0 Å². The Morgan fingerprint density at radius 2 is 2.00 bits per heavy atom. The molecular weight excluding hydrogens is 180 g/mol. The maximum Gasteiger partial charge on any atom is 0.146 e. The number of hydrogen-bond donors (Lipinski definition) is 2. The highest BCUT2D eigenvalue weighted by molar-refractivity contribution is 5.96. The molecular formula is C10H12N2O2. The van der Waals surface area contributed by atoms with Gasteiger partial charge in [0.1, 0.15) is 11.5 Å². The SMILES string of the molecule is COc1cc(OC)c2[nH]cc(N)c2c1. The van der Waals surface area contributed by atoms with E-state index in [0.717, 1.165) is 22.4 Å². The summed E-state index contributed by atoms with van der Waals surface area (Å²) >= 11 is 0. The maximum atomic E-state index is 5.78. The van der Waals surface area contributed by atoms with Crippen LogP contribution in [0.5, 0.6) is 11.5 Å². The molecule has 0 saturated carbocycles. The number of nitrogens with one attached hydrogen (secondary N) is 1. The fourth-order valence-electron chi connectivity index (χ4n) is 1.47. The summed E-state index contributed by atoms with van der Waals surface area (Å²) in [5.41, 5.74) is 7.37. The molecule has 0 fully saturated rings. The molecule has 3 N–H and O–H groups in total. The number of H-pyrrole nitrogens is 1. The van der Waals surface area contributed by atoms with E-state index in [1.807, 2.05) is 12.1 Å². The highest BCUT2D eigenvalue weighted by Gasteiger charge is 2.08. The lowest BCUT2D eigenvalue weighted by atomic mass is 10.2. The summed E-state index contributed by atoms with van der Waals surface area (Å²) in [5, 5.41) is 0.918. The summed E-state index contributed by atoms with van der Waals surface area (Å²) in [6.45, 7) is 0. The number of rotatable bonds is 2. The summed E-state index contributed by atoms with van der Waals surface area (Å²) in [5.74, 6) is 1.47. The van der Waals surface area contributed by atoms with E-state index in [1.165, 1.54) is 0 Å². The van der Waals surface area contributed by atoms with Crippen LogP contribution in [0.4, 0.5) is 5.69 Å². The molecule has 0 radical (unpaired) electrons. The molecule has 14 heavy (non-hydrogen) atoms. The molecule has 4 heteroatoms. The van der Waals surface area contributed by atoms with E-state index in [0.29, 0.717) is 5.69 Å². The van der Waals surface area contributed by atoms with Crippen LogP contribution in [0.2, 0.25) is 0 Å². The maximum absolute atomic E-state index is 5.78. The summed E-state index contributed by atoms with van der Waals surface area (Å²) in [4.78, 5) is 3.05. The van der Waals surface area contributed by atoms with E-state index in [1.54, 1.807) is 20.4 Å². The zero-order valence-electron chi connectivity index (χ0n) is 8.13. The second-order valence-electron chi connectivity index (χ2n) is 3.00. The fraction of sp³-hybridized carbons (Fsp3) is 0.200. The second kappa shape index (κ2) is 3.14. The van der Waals surface area contributed by atoms with Gasteiger partial charge in [-0.05, 0) is 6.07 Å². The number of nitrogens with two attached hydrogens (primary N) is 1. The van der Waals surface area contributed by atoms with Gasteiger partial charge in [-0.15, -0.1) is 0 Å². The molecule has 0 spiro atoms. The molecule has 0 bridgehead atoms. The first kappa shape index (κ1) is 8.74. The number of ether oxygens (including phenoxy) is 2. The van der Waals surface area contributed by atoms with Gasteiger partial charge < -0.3 is 20.2 Å². The van der Waals surface area contributed by atoms with Crippen molar-refractivity contribution < 1.29 is 9.47 Å². The van der Waals surface area contributed by atoms with E-state index in [4.69, 9.17) is 15.2 Å². The third-order valence-electron chi connectivity index (χ3n) is 2.21. The standard InChI is InChI=1S/C10H12N2O2/c1-13-6-3-7-8(11)5-12-10(7)9(4-6)14-2/h3-5,12H,11H2,1-2H3. The van der Waals surface area contributed by atoms with E-state index in [9.17, 15) is 0 Å². The van der Waals surface area contributed by atoms with Crippen molar-refractivity contribution in [3.63, 3.8) is 0 Å². The van der Waals surface area contributed by atoms with Gasteiger partial charge in [-0.1, -0.05) is 0 Å². The molecule has 1 aromatic carbocycles. The Balaban J connectivity index is 2.76. The predicted molar refractivity (Wildman–Crippen MR) is 55.8 cm³/mol. The monoisotopic (exact) mass is 192 g/mol. The molecule has 2 aromatic rings. The molecule has 4 nitrogen and oxygen atoms in total. The van der Waals surface area contributed by atoms with Crippen molar-refractivity contribution >= 4 is 16.6 Å². The summed E-state index contributed by atoms with van der Waals surface area (Å²) in [6, 6.07) is 3.70. The zero-order valence-corrected chi connectivity index (χ0v) is 8.13. The minimum absolute atomic E-state index is 0.692. The van der Waals surface area contributed by atoms with Gasteiger partial charge in [0.25, 0.3) is 0 Å². The van der Waals surface area contributed by atoms with Gasteiger partial charge in [0.2, 0.25) is 0 Å². The Labute approximate surface area is 81.6 Å². The highest BCUT2D eigenvalue weighted by atomic mass is 16.5. The smallest absolute Gasteiger partial charge is 0.146 e. The van der Waals surface area contributed by atoms with Gasteiger partial charge >= 0.3 is 0 Å². The number of aromatic nitrogens is 1. The van der Waals surface area contributed by atoms with Crippen LogP contribution in [-0.2, 0) is 0 Å². The second-order valence-corrected chi connectivity index (χ2v) is 3.00. The number of benzene rings is 1. The Hall–Kier alpha value is -1.84. The number of nitrogen functional groups attached to an aromatic ring is 1. The van der Waals surface area contributed by atoms with Crippen molar-refractivity contribution in [3.05, 3.63) is 18.3 Å². The lowest BCUT2D eigenvalue weighted by Crippen LogP contribution is -1.89. The molecule has 1 heterocycles. The Morgan fingerprint density at radius 1 is 1.21 bits per heavy atom. The first-order valence-electron chi connectivity index (χ1n) is 4.25. The fourth-order valence-corrected chi connectivity index (χ4v) is 1.47. The van der Waals surface area contributed by atoms with E-state index >= 15 is 0 Å². The Morgan fingerprint density at radius 3 is 2.64 bits per heavy atom. The molecule has 0 aliphatic rings. The van der Waals surface area contributed by atoms with Gasteiger partial charge in [0.15, 0.2) is 0 Å². The van der Waals surface area contributed by atoms with Gasteiger partial charge in [0, 0.05) is 17.6 Å². The van der Waals surface area contributed by atoms with Crippen LogP contribution in [0, 0.1) is 0 Å². The van der Waals surface area contributed by atoms with Crippen molar-refractivity contribution in [2.75, 3.05) is 20.0 Å². The molecule has 0 saturated heterocycles. The van der Waals surface area contributed by atoms with Gasteiger partial charge in [-0.2, -0.15) is 0 Å². The first-order chi connectivity index (χ1) is 6.76. The van der Waals surface area contributed by atoms with Crippen LogP contribution >= 0.6 is 0 Å². The van der Waals surface area contributed by atoms with Crippen LogP contribution in [0.25, 0.3) is 10.9 Å². The van der Waals surface area contributed by atoms with Gasteiger partial charge in [0.05, 0.1) is 25.4 Å². The average molecular weight is 192 g/mol.